The standard InChI is InChI=1S/C10H12N6.ClH/c1-8-4-2-3-5-9(8)6-12-14-10-15-13-7-16(10)11;/h2-7H,11H2,1H3,(H,14,15);1H. The number of aryl methyl sites for hydroxylation is 1. The van der Waals surface area contributed by atoms with Crippen molar-refractivity contribution in [3.05, 3.63) is 41.7 Å². The van der Waals surface area contributed by atoms with Gasteiger partial charge in [-0.2, -0.15) is 5.10 Å². The zero-order chi connectivity index (χ0) is 11.4. The fourth-order valence-corrected chi connectivity index (χ4v) is 1.21. The van der Waals surface area contributed by atoms with Gasteiger partial charge in [0.15, 0.2) is 0 Å². The van der Waals surface area contributed by atoms with E-state index in [1.165, 1.54) is 11.0 Å². The average molecular weight is 253 g/mol. The molecule has 7 heteroatoms. The number of anilines is 1. The second-order valence-electron chi connectivity index (χ2n) is 3.29. The third-order valence-electron chi connectivity index (χ3n) is 2.13. The average Bonchev–Trinajstić information content (AvgIpc) is 2.67. The third-order valence-corrected chi connectivity index (χ3v) is 2.13. The van der Waals surface area contributed by atoms with E-state index < -0.39 is 0 Å². The molecule has 1 aromatic heterocycles. The molecule has 0 amide bonds. The van der Waals surface area contributed by atoms with Crippen LogP contribution in [0.15, 0.2) is 35.7 Å². The second-order valence-corrected chi connectivity index (χ2v) is 3.29. The summed E-state index contributed by atoms with van der Waals surface area (Å²) < 4.78 is 1.26. The lowest BCUT2D eigenvalue weighted by molar-refractivity contribution is 0.988. The minimum absolute atomic E-state index is 0. The highest BCUT2D eigenvalue weighted by Crippen LogP contribution is 2.03. The van der Waals surface area contributed by atoms with E-state index in [0.29, 0.717) is 5.95 Å². The molecule has 1 heterocycles. The predicted molar refractivity (Wildman–Crippen MR) is 69.8 cm³/mol. The van der Waals surface area contributed by atoms with E-state index in [0.717, 1.165) is 11.1 Å². The Hall–Kier alpha value is -2.08. The van der Waals surface area contributed by atoms with E-state index in [-0.39, 0.29) is 12.4 Å². The highest BCUT2D eigenvalue weighted by atomic mass is 35.5. The highest BCUT2D eigenvalue weighted by Gasteiger charge is 1.97. The zero-order valence-corrected chi connectivity index (χ0v) is 10.1. The zero-order valence-electron chi connectivity index (χ0n) is 9.24. The van der Waals surface area contributed by atoms with E-state index in [2.05, 4.69) is 20.7 Å². The van der Waals surface area contributed by atoms with E-state index in [9.17, 15) is 0 Å². The summed E-state index contributed by atoms with van der Waals surface area (Å²) >= 11 is 0. The van der Waals surface area contributed by atoms with Crippen LogP contribution >= 0.6 is 12.4 Å². The fraction of sp³-hybridized carbons (Fsp3) is 0.100. The molecule has 3 N–H and O–H groups in total. The number of nitrogens with zero attached hydrogens (tertiary/aromatic N) is 4. The van der Waals surface area contributed by atoms with Crippen LogP contribution in [0.25, 0.3) is 0 Å². The number of nitrogens with two attached hydrogens (primary N) is 1. The molecule has 0 atom stereocenters. The maximum atomic E-state index is 5.51. The van der Waals surface area contributed by atoms with Gasteiger partial charge >= 0.3 is 0 Å². The molecule has 0 fully saturated rings. The fourth-order valence-electron chi connectivity index (χ4n) is 1.21. The van der Waals surface area contributed by atoms with Crippen LogP contribution in [0.3, 0.4) is 0 Å². The monoisotopic (exact) mass is 252 g/mol. The van der Waals surface area contributed by atoms with Crippen LogP contribution in [0.5, 0.6) is 0 Å². The quantitative estimate of drug-likeness (QED) is 0.488. The summed E-state index contributed by atoms with van der Waals surface area (Å²) in [5.74, 6) is 5.90. The minimum atomic E-state index is 0. The van der Waals surface area contributed by atoms with E-state index in [1.54, 1.807) is 6.21 Å². The Morgan fingerprint density at radius 3 is 2.82 bits per heavy atom. The molecule has 2 rings (SSSR count). The molecule has 0 spiro atoms. The summed E-state index contributed by atoms with van der Waals surface area (Å²) in [5.41, 5.74) is 4.90. The van der Waals surface area contributed by atoms with Crippen molar-refractivity contribution in [1.82, 2.24) is 14.9 Å². The Bertz CT molecular complexity index is 507. The van der Waals surface area contributed by atoms with E-state index in [4.69, 9.17) is 5.84 Å². The SMILES string of the molecule is Cc1ccccc1C=NNc1nncn1N.Cl. The van der Waals surface area contributed by atoms with Crippen LogP contribution in [0.4, 0.5) is 5.95 Å². The summed E-state index contributed by atoms with van der Waals surface area (Å²) in [6, 6.07) is 7.94. The highest BCUT2D eigenvalue weighted by molar-refractivity contribution is 5.85. The lowest BCUT2D eigenvalue weighted by Gasteiger charge is -1.99. The summed E-state index contributed by atoms with van der Waals surface area (Å²) in [5, 5.41) is 11.4. The first kappa shape index (κ1) is 13.0. The number of hydrogen-bond donors (Lipinski definition) is 2. The molecule has 1 aromatic carbocycles. The summed E-state index contributed by atoms with van der Waals surface area (Å²) in [6.07, 6.45) is 3.11. The predicted octanol–water partition coefficient (Wildman–Crippen LogP) is 1.17. The summed E-state index contributed by atoms with van der Waals surface area (Å²) in [6.45, 7) is 2.02. The maximum Gasteiger partial charge on any atom is 0.263 e. The molecule has 0 aliphatic rings. The van der Waals surface area contributed by atoms with E-state index in [1.807, 2.05) is 31.2 Å². The molecular weight excluding hydrogens is 240 g/mol. The third kappa shape index (κ3) is 3.18. The first-order valence-corrected chi connectivity index (χ1v) is 4.77. The Kier molecular flexibility index (Phi) is 4.47. The van der Waals surface area contributed by atoms with Crippen LogP contribution in [0.2, 0.25) is 0 Å². The van der Waals surface area contributed by atoms with Crippen LogP contribution in [0.1, 0.15) is 11.1 Å². The number of benzene rings is 1. The molecule has 0 saturated carbocycles. The maximum absolute atomic E-state index is 5.51. The van der Waals surface area contributed by atoms with Gasteiger partial charge < -0.3 is 5.84 Å². The van der Waals surface area contributed by atoms with Crippen molar-refractivity contribution in [3.8, 4) is 0 Å². The topological polar surface area (TPSA) is 81.1 Å². The van der Waals surface area contributed by atoms with Gasteiger partial charge in [-0.1, -0.05) is 24.3 Å². The molecule has 0 radical (unpaired) electrons. The van der Waals surface area contributed by atoms with Gasteiger partial charge in [0.2, 0.25) is 0 Å². The molecule has 2 aromatic rings. The number of halogens is 1. The van der Waals surface area contributed by atoms with Gasteiger partial charge in [-0.05, 0) is 18.1 Å². The molecular formula is C10H13ClN6. The number of rotatable bonds is 3. The Morgan fingerprint density at radius 1 is 1.41 bits per heavy atom. The Balaban J connectivity index is 0.00000144. The van der Waals surface area contributed by atoms with Crippen molar-refractivity contribution < 1.29 is 0 Å². The Labute approximate surface area is 105 Å². The molecule has 17 heavy (non-hydrogen) atoms. The van der Waals surface area contributed by atoms with E-state index >= 15 is 0 Å². The number of nitrogen functional groups attached to an aromatic ring is 1. The van der Waals surface area contributed by atoms with Gasteiger partial charge in [-0.3, -0.25) is 0 Å². The summed E-state index contributed by atoms with van der Waals surface area (Å²) in [4.78, 5) is 0. The van der Waals surface area contributed by atoms with Crippen molar-refractivity contribution in [2.24, 2.45) is 5.10 Å². The number of aromatic nitrogens is 3. The normalized spacial score (nSPS) is 10.2. The van der Waals surface area contributed by atoms with Crippen LogP contribution in [-0.2, 0) is 0 Å². The smallest absolute Gasteiger partial charge is 0.263 e. The molecule has 0 bridgehead atoms. The molecule has 0 aliphatic heterocycles. The van der Waals surface area contributed by atoms with Gasteiger partial charge in [-0.15, -0.1) is 22.6 Å². The largest absolute Gasteiger partial charge is 0.335 e. The number of hydrogen-bond acceptors (Lipinski definition) is 5. The van der Waals surface area contributed by atoms with Crippen molar-refractivity contribution in [2.75, 3.05) is 11.3 Å². The second kappa shape index (κ2) is 5.86. The van der Waals surface area contributed by atoms with Crippen LogP contribution in [-0.4, -0.2) is 21.1 Å². The molecule has 90 valence electrons. The first-order chi connectivity index (χ1) is 7.77. The first-order valence-electron chi connectivity index (χ1n) is 4.77. The van der Waals surface area contributed by atoms with Crippen molar-refractivity contribution in [2.45, 2.75) is 6.92 Å². The lowest BCUT2D eigenvalue weighted by atomic mass is 10.1. The lowest BCUT2D eigenvalue weighted by Crippen LogP contribution is -2.10. The molecule has 0 unspecified atom stereocenters. The molecule has 0 aliphatic carbocycles. The van der Waals surface area contributed by atoms with Crippen molar-refractivity contribution in [3.63, 3.8) is 0 Å². The van der Waals surface area contributed by atoms with Gasteiger partial charge in [0.25, 0.3) is 5.95 Å². The van der Waals surface area contributed by atoms with Crippen LogP contribution < -0.4 is 11.3 Å². The van der Waals surface area contributed by atoms with Crippen molar-refractivity contribution >= 4 is 24.6 Å². The van der Waals surface area contributed by atoms with Crippen molar-refractivity contribution in [1.29, 1.82) is 0 Å². The van der Waals surface area contributed by atoms with Gasteiger partial charge in [0.05, 0.1) is 6.21 Å². The van der Waals surface area contributed by atoms with Crippen LogP contribution in [0, 0.1) is 6.92 Å². The number of nitrogens with one attached hydrogen (secondary N) is 1. The van der Waals surface area contributed by atoms with Gasteiger partial charge in [0.1, 0.15) is 6.33 Å². The van der Waals surface area contributed by atoms with Gasteiger partial charge in [-0.25, -0.2) is 10.1 Å². The van der Waals surface area contributed by atoms with Gasteiger partial charge in [0, 0.05) is 0 Å². The minimum Gasteiger partial charge on any atom is -0.335 e. The summed E-state index contributed by atoms with van der Waals surface area (Å²) in [7, 11) is 0. The Morgan fingerprint density at radius 2 is 2.18 bits per heavy atom. The molecule has 6 nitrogen and oxygen atoms in total. The number of hydrazone groups is 1. The molecule has 0 saturated heterocycles.